The van der Waals surface area contributed by atoms with Gasteiger partial charge >= 0.3 is 0 Å². The molecule has 34 heavy (non-hydrogen) atoms. The van der Waals surface area contributed by atoms with E-state index in [9.17, 15) is 9.00 Å². The molecule has 0 radical (unpaired) electrons. The van der Waals surface area contributed by atoms with Crippen molar-refractivity contribution in [2.45, 2.75) is 44.7 Å². The minimum atomic E-state index is -0.965. The van der Waals surface area contributed by atoms with Gasteiger partial charge in [-0.2, -0.15) is 0 Å². The van der Waals surface area contributed by atoms with Crippen molar-refractivity contribution in [3.63, 3.8) is 0 Å². The van der Waals surface area contributed by atoms with Crippen LogP contribution in [0.25, 0.3) is 10.9 Å². The van der Waals surface area contributed by atoms with E-state index in [1.807, 2.05) is 55.5 Å². The van der Waals surface area contributed by atoms with E-state index in [2.05, 4.69) is 63.9 Å². The van der Waals surface area contributed by atoms with Gasteiger partial charge in [0, 0.05) is 56.3 Å². The molecule has 1 heterocycles. The minimum Gasteiger partial charge on any atom is -0.348 e. The molecule has 4 rings (SSSR count). The Morgan fingerprint density at radius 2 is 1.76 bits per heavy atom. The lowest BCUT2D eigenvalue weighted by molar-refractivity contribution is 0.0951. The Hall–Kier alpha value is -2.70. The van der Waals surface area contributed by atoms with E-state index in [4.69, 9.17) is 0 Å². The molecule has 4 nitrogen and oxygen atoms in total. The number of carbonyl (C=O) groups is 1. The van der Waals surface area contributed by atoms with Crippen molar-refractivity contribution in [3.8, 4) is 0 Å². The summed E-state index contributed by atoms with van der Waals surface area (Å²) in [5, 5.41) is 4.07. The molecule has 0 aliphatic carbocycles. The molecule has 0 aliphatic heterocycles. The molecule has 0 fully saturated rings. The Labute approximate surface area is 212 Å². The number of amides is 1. The topological polar surface area (TPSA) is 51.1 Å². The number of hydrogen-bond acceptors (Lipinski definition) is 2. The van der Waals surface area contributed by atoms with Crippen LogP contribution in [0.5, 0.6) is 0 Å². The maximum atomic E-state index is 12.9. The molecule has 1 amide bonds. The number of halogens is 1. The van der Waals surface area contributed by atoms with Crippen molar-refractivity contribution in [1.82, 2.24) is 9.88 Å². The average molecular weight is 538 g/mol. The van der Waals surface area contributed by atoms with Crippen LogP contribution in [-0.2, 0) is 23.8 Å². The SMILES string of the molecule is CCS(=O)c1ccc(CNC(=O)c2ccc3c(c2)cc(Cc2ccccc2Br)n3C(C)C)cc1. The van der Waals surface area contributed by atoms with Crippen molar-refractivity contribution in [2.24, 2.45) is 0 Å². The third kappa shape index (κ3) is 5.34. The number of hydrogen-bond donors (Lipinski definition) is 1. The standard InChI is InChI=1S/C28H29BrN2O2S/c1-4-34(33)25-12-9-20(10-13-25)18-30-28(32)22-11-14-27-23(15-22)17-24(31(27)19(2)3)16-21-7-5-6-8-26(21)29/h5-15,17,19H,4,16,18H2,1-3H3,(H,30,32). The van der Waals surface area contributed by atoms with Crippen LogP contribution in [0, 0.1) is 0 Å². The van der Waals surface area contributed by atoms with Crippen LogP contribution in [0.4, 0.5) is 0 Å². The van der Waals surface area contributed by atoms with E-state index >= 15 is 0 Å². The third-order valence-electron chi connectivity index (χ3n) is 5.93. The van der Waals surface area contributed by atoms with Gasteiger partial charge in [-0.3, -0.25) is 9.00 Å². The number of nitrogens with zero attached hydrogens (tertiary/aromatic N) is 1. The lowest BCUT2D eigenvalue weighted by atomic mass is 10.1. The highest BCUT2D eigenvalue weighted by Crippen LogP contribution is 2.29. The number of rotatable bonds is 8. The molecule has 0 bridgehead atoms. The van der Waals surface area contributed by atoms with E-state index in [0.29, 0.717) is 23.9 Å². The van der Waals surface area contributed by atoms with Gasteiger partial charge in [-0.25, -0.2) is 0 Å². The van der Waals surface area contributed by atoms with Gasteiger partial charge in [0.05, 0.1) is 10.8 Å². The fourth-order valence-corrected chi connectivity index (χ4v) is 5.43. The van der Waals surface area contributed by atoms with Crippen LogP contribution in [-0.4, -0.2) is 20.4 Å². The largest absolute Gasteiger partial charge is 0.348 e. The molecule has 1 N–H and O–H groups in total. The zero-order valence-electron chi connectivity index (χ0n) is 19.7. The molecular formula is C28H29BrN2O2S. The lowest BCUT2D eigenvalue weighted by Gasteiger charge is -2.15. The second kappa shape index (κ2) is 10.7. The van der Waals surface area contributed by atoms with Crippen molar-refractivity contribution in [3.05, 3.63) is 99.7 Å². The van der Waals surface area contributed by atoms with E-state index < -0.39 is 10.8 Å². The Kier molecular flexibility index (Phi) is 7.69. The molecule has 176 valence electrons. The number of aromatic nitrogens is 1. The Morgan fingerprint density at radius 1 is 1.03 bits per heavy atom. The van der Waals surface area contributed by atoms with Gasteiger partial charge in [-0.15, -0.1) is 0 Å². The average Bonchev–Trinajstić information content (AvgIpc) is 3.21. The second-order valence-electron chi connectivity index (χ2n) is 8.60. The summed E-state index contributed by atoms with van der Waals surface area (Å²) >= 11 is 3.66. The summed E-state index contributed by atoms with van der Waals surface area (Å²) in [4.78, 5) is 13.7. The van der Waals surface area contributed by atoms with Crippen LogP contribution in [0.3, 0.4) is 0 Å². The fourth-order valence-electron chi connectivity index (χ4n) is 4.23. The van der Waals surface area contributed by atoms with Crippen LogP contribution < -0.4 is 5.32 Å². The summed E-state index contributed by atoms with van der Waals surface area (Å²) in [6.07, 6.45) is 0.814. The molecular weight excluding hydrogens is 508 g/mol. The highest BCUT2D eigenvalue weighted by atomic mass is 79.9. The molecule has 0 aliphatic rings. The molecule has 0 saturated heterocycles. The van der Waals surface area contributed by atoms with Crippen molar-refractivity contribution in [1.29, 1.82) is 0 Å². The second-order valence-corrected chi connectivity index (χ2v) is 11.2. The van der Waals surface area contributed by atoms with Gasteiger partial charge in [0.15, 0.2) is 0 Å². The maximum absolute atomic E-state index is 12.9. The first-order valence-electron chi connectivity index (χ1n) is 11.5. The first kappa shape index (κ1) is 24.4. The first-order valence-corrected chi connectivity index (χ1v) is 13.6. The van der Waals surface area contributed by atoms with Crippen molar-refractivity contribution in [2.75, 3.05) is 5.75 Å². The summed E-state index contributed by atoms with van der Waals surface area (Å²) < 4.78 is 15.4. The number of benzene rings is 3. The third-order valence-corrected chi connectivity index (χ3v) is 8.02. The summed E-state index contributed by atoms with van der Waals surface area (Å²) in [6.45, 7) is 6.70. The summed E-state index contributed by atoms with van der Waals surface area (Å²) in [7, 11) is -0.965. The molecule has 1 unspecified atom stereocenters. The van der Waals surface area contributed by atoms with E-state index in [-0.39, 0.29) is 5.91 Å². The Balaban J connectivity index is 1.54. The summed E-state index contributed by atoms with van der Waals surface area (Å²) in [5.74, 6) is 0.495. The molecule has 3 aromatic carbocycles. The Morgan fingerprint density at radius 3 is 2.44 bits per heavy atom. The molecule has 6 heteroatoms. The summed E-state index contributed by atoms with van der Waals surface area (Å²) in [5.41, 5.74) is 5.21. The number of carbonyl (C=O) groups excluding carboxylic acids is 1. The normalized spacial score (nSPS) is 12.3. The molecule has 1 aromatic heterocycles. The first-order chi connectivity index (χ1) is 16.4. The molecule has 0 spiro atoms. The molecule has 4 aromatic rings. The van der Waals surface area contributed by atoms with Crippen molar-refractivity contribution >= 4 is 43.5 Å². The van der Waals surface area contributed by atoms with Gasteiger partial charge in [-0.05, 0) is 67.4 Å². The monoisotopic (exact) mass is 536 g/mol. The van der Waals surface area contributed by atoms with Gasteiger partial charge in [0.25, 0.3) is 5.91 Å². The van der Waals surface area contributed by atoms with Crippen LogP contribution in [0.2, 0.25) is 0 Å². The van der Waals surface area contributed by atoms with Gasteiger partial charge in [0.2, 0.25) is 0 Å². The van der Waals surface area contributed by atoms with Gasteiger partial charge in [-0.1, -0.05) is 53.2 Å². The maximum Gasteiger partial charge on any atom is 0.251 e. The van der Waals surface area contributed by atoms with Crippen molar-refractivity contribution < 1.29 is 9.00 Å². The summed E-state index contributed by atoms with van der Waals surface area (Å²) in [6, 6.07) is 24.3. The van der Waals surface area contributed by atoms with Crippen LogP contribution >= 0.6 is 15.9 Å². The predicted molar refractivity (Wildman–Crippen MR) is 144 cm³/mol. The highest BCUT2D eigenvalue weighted by molar-refractivity contribution is 9.10. The van der Waals surface area contributed by atoms with E-state index in [1.54, 1.807) is 0 Å². The predicted octanol–water partition coefficient (Wildman–Crippen LogP) is 6.63. The Bertz CT molecular complexity index is 1340. The van der Waals surface area contributed by atoms with Gasteiger partial charge < -0.3 is 9.88 Å². The highest BCUT2D eigenvalue weighted by Gasteiger charge is 2.15. The van der Waals surface area contributed by atoms with Crippen LogP contribution in [0.15, 0.2) is 82.2 Å². The van der Waals surface area contributed by atoms with Crippen LogP contribution in [0.1, 0.15) is 54.0 Å². The zero-order chi connectivity index (χ0) is 24.2. The molecule has 0 saturated carbocycles. The quantitative estimate of drug-likeness (QED) is 0.274. The number of nitrogens with one attached hydrogen (secondary N) is 1. The fraction of sp³-hybridized carbons (Fsp3) is 0.250. The molecule has 1 atom stereocenters. The minimum absolute atomic E-state index is 0.104. The smallest absolute Gasteiger partial charge is 0.251 e. The zero-order valence-corrected chi connectivity index (χ0v) is 22.1. The van der Waals surface area contributed by atoms with E-state index in [1.165, 1.54) is 11.3 Å². The lowest BCUT2D eigenvalue weighted by Crippen LogP contribution is -2.22. The van der Waals surface area contributed by atoms with E-state index in [0.717, 1.165) is 32.3 Å². The van der Waals surface area contributed by atoms with Gasteiger partial charge in [0.1, 0.15) is 0 Å². The number of fused-ring (bicyclic) bond motifs is 1.